The van der Waals surface area contributed by atoms with Gasteiger partial charge < -0.3 is 14.6 Å². The molecule has 176 valence electrons. The molecule has 1 aliphatic carbocycles. The molecule has 0 amide bonds. The molecule has 0 radical (unpaired) electrons. The van der Waals surface area contributed by atoms with Crippen molar-refractivity contribution in [2.75, 3.05) is 13.2 Å². The Balaban J connectivity index is 1.55. The lowest BCUT2D eigenvalue weighted by Crippen LogP contribution is -2.22. The van der Waals surface area contributed by atoms with Crippen molar-refractivity contribution in [2.45, 2.75) is 129 Å². The first-order chi connectivity index (χ1) is 14.5. The summed E-state index contributed by atoms with van der Waals surface area (Å²) in [7, 11) is 0. The predicted octanol–water partition coefficient (Wildman–Crippen LogP) is 7.42. The van der Waals surface area contributed by atoms with E-state index in [1.54, 1.807) is 0 Å². The molecule has 2 rings (SSSR count). The number of hydrogen-bond acceptors (Lipinski definition) is 3. The molecule has 3 nitrogen and oxygen atoms in total. The monoisotopic (exact) mass is 422 g/mol. The number of hydrogen-bond donors (Lipinski definition) is 1. The van der Waals surface area contributed by atoms with Crippen LogP contribution in [0, 0.1) is 17.3 Å². The smallest absolute Gasteiger partial charge is 0.157 e. The summed E-state index contributed by atoms with van der Waals surface area (Å²) in [5.41, 5.74) is 0.482. The van der Waals surface area contributed by atoms with Gasteiger partial charge in [-0.05, 0) is 87.9 Å². The summed E-state index contributed by atoms with van der Waals surface area (Å²) in [6, 6.07) is 0. The molecule has 2 fully saturated rings. The van der Waals surface area contributed by atoms with Crippen LogP contribution in [0.5, 0.6) is 0 Å². The Kier molecular flexibility index (Phi) is 12.6. The van der Waals surface area contributed by atoms with Gasteiger partial charge in [-0.25, -0.2) is 0 Å². The first-order valence-electron chi connectivity index (χ1n) is 13.1. The van der Waals surface area contributed by atoms with Crippen molar-refractivity contribution in [3.05, 3.63) is 12.2 Å². The van der Waals surface area contributed by atoms with Gasteiger partial charge in [-0.1, -0.05) is 58.6 Å². The lowest BCUT2D eigenvalue weighted by Gasteiger charge is -2.26. The van der Waals surface area contributed by atoms with Gasteiger partial charge in [0.2, 0.25) is 0 Å². The van der Waals surface area contributed by atoms with Gasteiger partial charge in [0.15, 0.2) is 6.29 Å². The van der Waals surface area contributed by atoms with Gasteiger partial charge in [0.1, 0.15) is 0 Å². The lowest BCUT2D eigenvalue weighted by molar-refractivity contribution is -0.162. The summed E-state index contributed by atoms with van der Waals surface area (Å²) in [6.45, 7) is 8.82. The second-order valence-corrected chi connectivity index (χ2v) is 10.6. The van der Waals surface area contributed by atoms with Crippen LogP contribution >= 0.6 is 0 Å². The van der Waals surface area contributed by atoms with Crippen LogP contribution in [0.2, 0.25) is 0 Å². The van der Waals surface area contributed by atoms with Crippen molar-refractivity contribution in [1.29, 1.82) is 0 Å². The van der Waals surface area contributed by atoms with Crippen LogP contribution < -0.4 is 0 Å². The molecule has 3 heteroatoms. The third-order valence-electron chi connectivity index (χ3n) is 7.35. The molecular formula is C27H50O3. The molecule has 0 aromatic rings. The summed E-state index contributed by atoms with van der Waals surface area (Å²) in [5, 5.41) is 10.5. The van der Waals surface area contributed by atoms with Gasteiger partial charge in [-0.3, -0.25) is 0 Å². The second kappa shape index (κ2) is 14.6. The third-order valence-corrected chi connectivity index (χ3v) is 7.35. The second-order valence-electron chi connectivity index (χ2n) is 10.6. The zero-order valence-corrected chi connectivity index (χ0v) is 20.2. The first-order valence-corrected chi connectivity index (χ1v) is 13.1. The van der Waals surface area contributed by atoms with Crippen LogP contribution in [0.4, 0.5) is 0 Å². The Hall–Kier alpha value is -0.380. The maximum Gasteiger partial charge on any atom is 0.157 e. The van der Waals surface area contributed by atoms with Gasteiger partial charge in [-0.2, -0.15) is 0 Å². The van der Waals surface area contributed by atoms with Crippen molar-refractivity contribution in [1.82, 2.24) is 0 Å². The molecule has 0 bridgehead atoms. The number of rotatable bonds is 15. The van der Waals surface area contributed by atoms with E-state index in [2.05, 4.69) is 32.9 Å². The summed E-state index contributed by atoms with van der Waals surface area (Å²) in [5.74, 6) is 1.20. The Morgan fingerprint density at radius 3 is 2.60 bits per heavy atom. The molecule has 0 unspecified atom stereocenters. The Morgan fingerprint density at radius 1 is 1.00 bits per heavy atom. The quantitative estimate of drug-likeness (QED) is 0.220. The molecule has 4 atom stereocenters. The minimum Gasteiger partial charge on any atom is -0.393 e. The van der Waals surface area contributed by atoms with Crippen LogP contribution in [-0.2, 0) is 9.47 Å². The van der Waals surface area contributed by atoms with E-state index in [0.717, 1.165) is 51.2 Å². The molecule has 1 heterocycles. The minimum atomic E-state index is -0.0864. The fourth-order valence-corrected chi connectivity index (χ4v) is 5.25. The van der Waals surface area contributed by atoms with Crippen molar-refractivity contribution >= 4 is 0 Å². The zero-order valence-electron chi connectivity index (χ0n) is 20.2. The van der Waals surface area contributed by atoms with Crippen molar-refractivity contribution in [2.24, 2.45) is 17.3 Å². The number of allylic oxidation sites excluding steroid dienone is 2. The standard InChI is InChI=1S/C27H50O3/c1-4-5-19-27(2,3)20-13-14-23-17-18-25(28)24(23)15-9-7-6-8-11-21-29-26-16-10-12-22-30-26/h7,9,23-26,28H,4-6,8,10-22H2,1-3H3/t23-,24+,25-,26-/m0/s1. The summed E-state index contributed by atoms with van der Waals surface area (Å²) < 4.78 is 11.4. The maximum atomic E-state index is 10.5. The van der Waals surface area contributed by atoms with Gasteiger partial charge in [0.05, 0.1) is 6.10 Å². The fraction of sp³-hybridized carbons (Fsp3) is 0.926. The normalized spacial score (nSPS) is 27.9. The fourth-order valence-electron chi connectivity index (χ4n) is 5.25. The van der Waals surface area contributed by atoms with Crippen LogP contribution in [-0.4, -0.2) is 30.7 Å². The maximum absolute atomic E-state index is 10.5. The highest BCUT2D eigenvalue weighted by Crippen LogP contribution is 2.39. The van der Waals surface area contributed by atoms with Gasteiger partial charge in [0.25, 0.3) is 0 Å². The van der Waals surface area contributed by atoms with Crippen LogP contribution in [0.15, 0.2) is 12.2 Å². The highest BCUT2D eigenvalue weighted by Gasteiger charge is 2.33. The van der Waals surface area contributed by atoms with Gasteiger partial charge in [0, 0.05) is 13.2 Å². The van der Waals surface area contributed by atoms with Gasteiger partial charge >= 0.3 is 0 Å². The van der Waals surface area contributed by atoms with E-state index in [-0.39, 0.29) is 12.4 Å². The molecule has 1 N–H and O–H groups in total. The molecule has 1 saturated carbocycles. The molecule has 0 aromatic carbocycles. The summed E-state index contributed by atoms with van der Waals surface area (Å²) >= 11 is 0. The average Bonchev–Trinajstić information content (AvgIpc) is 3.08. The highest BCUT2D eigenvalue weighted by atomic mass is 16.7. The molecule has 0 aromatic heterocycles. The SMILES string of the molecule is CCCCC(C)(C)CCC[C@H]1CC[C@H](O)[C@@H]1CC=CCCCCO[C@@H]1CCCCO1. The molecule has 0 spiro atoms. The van der Waals surface area contributed by atoms with E-state index >= 15 is 0 Å². The average molecular weight is 423 g/mol. The number of unbranched alkanes of at least 4 members (excludes halogenated alkanes) is 3. The summed E-state index contributed by atoms with van der Waals surface area (Å²) in [6.07, 6.45) is 22.7. The van der Waals surface area contributed by atoms with E-state index in [0.29, 0.717) is 11.3 Å². The van der Waals surface area contributed by atoms with E-state index < -0.39 is 0 Å². The topological polar surface area (TPSA) is 38.7 Å². The van der Waals surface area contributed by atoms with E-state index in [1.807, 2.05) is 0 Å². The Labute approximate surface area is 187 Å². The highest BCUT2D eigenvalue weighted by molar-refractivity contribution is 4.92. The van der Waals surface area contributed by atoms with Crippen LogP contribution in [0.25, 0.3) is 0 Å². The molecule has 2 aliphatic rings. The lowest BCUT2D eigenvalue weighted by atomic mass is 9.80. The number of ether oxygens (including phenoxy) is 2. The molecular weight excluding hydrogens is 372 g/mol. The van der Waals surface area contributed by atoms with E-state index in [9.17, 15) is 5.11 Å². The van der Waals surface area contributed by atoms with E-state index in [1.165, 1.54) is 64.2 Å². The van der Waals surface area contributed by atoms with Crippen LogP contribution in [0.1, 0.15) is 117 Å². The first kappa shape index (κ1) is 25.9. The Morgan fingerprint density at radius 2 is 1.83 bits per heavy atom. The number of aliphatic hydroxyl groups is 1. The van der Waals surface area contributed by atoms with Crippen molar-refractivity contribution in [3.8, 4) is 0 Å². The van der Waals surface area contributed by atoms with Gasteiger partial charge in [-0.15, -0.1) is 0 Å². The predicted molar refractivity (Wildman–Crippen MR) is 127 cm³/mol. The van der Waals surface area contributed by atoms with Crippen molar-refractivity contribution < 1.29 is 14.6 Å². The molecule has 30 heavy (non-hydrogen) atoms. The molecule has 1 aliphatic heterocycles. The van der Waals surface area contributed by atoms with Crippen molar-refractivity contribution in [3.63, 3.8) is 0 Å². The minimum absolute atomic E-state index is 0.0484. The zero-order chi connectivity index (χ0) is 21.7. The summed E-state index contributed by atoms with van der Waals surface area (Å²) in [4.78, 5) is 0. The Bertz CT molecular complexity index is 453. The largest absolute Gasteiger partial charge is 0.393 e. The van der Waals surface area contributed by atoms with Crippen LogP contribution in [0.3, 0.4) is 0 Å². The third kappa shape index (κ3) is 10.3. The van der Waals surface area contributed by atoms with E-state index in [4.69, 9.17) is 9.47 Å². The number of aliphatic hydroxyl groups excluding tert-OH is 1. The molecule has 1 saturated heterocycles.